The van der Waals surface area contributed by atoms with E-state index in [2.05, 4.69) is 10.6 Å². The number of amides is 1. The van der Waals surface area contributed by atoms with Gasteiger partial charge in [-0.2, -0.15) is 5.26 Å². The maximum atomic E-state index is 12.3. The van der Waals surface area contributed by atoms with Gasteiger partial charge in [-0.1, -0.05) is 0 Å². The Bertz CT molecular complexity index is 1040. The maximum Gasteiger partial charge on any atom is 0.267 e. The van der Waals surface area contributed by atoms with E-state index in [0.717, 1.165) is 0 Å². The monoisotopic (exact) mass is 402 g/mol. The Morgan fingerprint density at radius 1 is 1.07 bits per heavy atom. The molecule has 0 bridgehead atoms. The van der Waals surface area contributed by atoms with Gasteiger partial charge >= 0.3 is 0 Å². The van der Waals surface area contributed by atoms with E-state index in [1.54, 1.807) is 24.3 Å². The molecule has 0 fully saturated rings. The van der Waals surface area contributed by atoms with E-state index in [1.807, 2.05) is 0 Å². The number of benzene rings is 2. The highest BCUT2D eigenvalue weighted by molar-refractivity contribution is 7.89. The molecule has 2 aromatic carbocycles. The van der Waals surface area contributed by atoms with Gasteiger partial charge in [-0.15, -0.1) is 0 Å². The van der Waals surface area contributed by atoms with Gasteiger partial charge in [0.05, 0.1) is 19.1 Å². The Kier molecular flexibility index (Phi) is 6.59. The summed E-state index contributed by atoms with van der Waals surface area (Å²) in [5.41, 5.74) is 0.700. The SMILES string of the molecule is COc1ccc(NC(=O)/C(C#N)=C\Nc2ccc(S(N)(=O)=O)cc2)cc1OC. The van der Waals surface area contributed by atoms with Crippen molar-refractivity contribution in [2.75, 3.05) is 24.9 Å². The van der Waals surface area contributed by atoms with Crippen LogP contribution in [0.4, 0.5) is 11.4 Å². The highest BCUT2D eigenvalue weighted by Gasteiger charge is 2.12. The third-order valence-corrected chi connectivity index (χ3v) is 4.50. The lowest BCUT2D eigenvalue weighted by molar-refractivity contribution is -0.112. The first-order chi connectivity index (χ1) is 13.3. The molecule has 1 amide bonds. The number of ether oxygens (including phenoxy) is 2. The number of nitrogens with two attached hydrogens (primary N) is 1. The molecule has 10 heteroatoms. The molecule has 0 aliphatic rings. The summed E-state index contributed by atoms with van der Waals surface area (Å²) >= 11 is 0. The third-order valence-electron chi connectivity index (χ3n) is 3.57. The second-order valence-corrected chi connectivity index (χ2v) is 6.97. The van der Waals surface area contributed by atoms with Crippen molar-refractivity contribution in [1.29, 1.82) is 5.26 Å². The molecule has 0 aliphatic heterocycles. The van der Waals surface area contributed by atoms with Crippen LogP contribution >= 0.6 is 0 Å². The number of hydrogen-bond donors (Lipinski definition) is 3. The molecule has 28 heavy (non-hydrogen) atoms. The minimum Gasteiger partial charge on any atom is -0.493 e. The summed E-state index contributed by atoms with van der Waals surface area (Å²) in [4.78, 5) is 12.2. The van der Waals surface area contributed by atoms with Gasteiger partial charge in [-0.3, -0.25) is 4.79 Å². The molecule has 0 aromatic heterocycles. The second-order valence-electron chi connectivity index (χ2n) is 5.41. The normalized spacial score (nSPS) is 11.3. The summed E-state index contributed by atoms with van der Waals surface area (Å²) in [5.74, 6) is 0.292. The van der Waals surface area contributed by atoms with Crippen molar-refractivity contribution >= 4 is 27.3 Å². The van der Waals surface area contributed by atoms with Crippen LogP contribution in [0.1, 0.15) is 0 Å². The summed E-state index contributed by atoms with van der Waals surface area (Å²) in [6, 6.07) is 12.1. The Hall–Kier alpha value is -3.55. The van der Waals surface area contributed by atoms with Crippen LogP contribution in [0.3, 0.4) is 0 Å². The average molecular weight is 402 g/mol. The number of carbonyl (C=O) groups is 1. The molecule has 0 atom stereocenters. The quantitative estimate of drug-likeness (QED) is 0.473. The number of rotatable bonds is 7. The van der Waals surface area contributed by atoms with Crippen LogP contribution in [0.25, 0.3) is 0 Å². The van der Waals surface area contributed by atoms with E-state index in [0.29, 0.717) is 22.9 Å². The molecule has 146 valence electrons. The van der Waals surface area contributed by atoms with Crippen molar-refractivity contribution in [3.05, 3.63) is 54.2 Å². The number of nitriles is 1. The fourth-order valence-corrected chi connectivity index (χ4v) is 2.67. The number of anilines is 2. The van der Waals surface area contributed by atoms with Gasteiger partial charge in [0.1, 0.15) is 11.6 Å². The predicted octanol–water partition coefficient (Wildman–Crippen LogP) is 1.81. The molecule has 0 saturated carbocycles. The zero-order chi connectivity index (χ0) is 20.7. The summed E-state index contributed by atoms with van der Waals surface area (Å²) in [6.07, 6.45) is 1.21. The first-order valence-electron chi connectivity index (χ1n) is 7.81. The number of nitrogens with one attached hydrogen (secondary N) is 2. The van der Waals surface area contributed by atoms with E-state index >= 15 is 0 Å². The summed E-state index contributed by atoms with van der Waals surface area (Å²) in [7, 11) is -0.832. The van der Waals surface area contributed by atoms with Gasteiger partial charge in [0.25, 0.3) is 5.91 Å². The van der Waals surface area contributed by atoms with E-state index in [9.17, 15) is 18.5 Å². The zero-order valence-electron chi connectivity index (χ0n) is 15.1. The first-order valence-corrected chi connectivity index (χ1v) is 9.36. The van der Waals surface area contributed by atoms with Gasteiger partial charge in [0, 0.05) is 23.6 Å². The molecular formula is C18H18N4O5S. The number of methoxy groups -OCH3 is 2. The number of sulfonamides is 1. The van der Waals surface area contributed by atoms with Crippen LogP contribution in [0.5, 0.6) is 11.5 Å². The van der Waals surface area contributed by atoms with Crippen molar-refractivity contribution in [2.45, 2.75) is 4.90 Å². The van der Waals surface area contributed by atoms with E-state index in [4.69, 9.17) is 14.6 Å². The van der Waals surface area contributed by atoms with Crippen molar-refractivity contribution in [3.63, 3.8) is 0 Å². The molecule has 0 radical (unpaired) electrons. The fourth-order valence-electron chi connectivity index (χ4n) is 2.16. The number of primary sulfonamides is 1. The Morgan fingerprint density at radius 3 is 2.21 bits per heavy atom. The molecule has 4 N–H and O–H groups in total. The van der Waals surface area contributed by atoms with Gasteiger partial charge in [-0.25, -0.2) is 13.6 Å². The molecule has 9 nitrogen and oxygen atoms in total. The van der Waals surface area contributed by atoms with Crippen LogP contribution in [-0.4, -0.2) is 28.5 Å². The van der Waals surface area contributed by atoms with Crippen LogP contribution in [0.15, 0.2) is 59.1 Å². The Labute approximate surface area is 162 Å². The van der Waals surface area contributed by atoms with Crippen molar-refractivity contribution in [2.24, 2.45) is 5.14 Å². The van der Waals surface area contributed by atoms with Crippen molar-refractivity contribution < 1.29 is 22.7 Å². The first kappa shape index (κ1) is 20.8. The lowest BCUT2D eigenvalue weighted by Crippen LogP contribution is -2.14. The summed E-state index contributed by atoms with van der Waals surface area (Å²) in [6.45, 7) is 0. The highest BCUT2D eigenvalue weighted by Crippen LogP contribution is 2.29. The summed E-state index contributed by atoms with van der Waals surface area (Å²) in [5, 5.41) is 19.6. The average Bonchev–Trinajstić information content (AvgIpc) is 2.68. The van der Waals surface area contributed by atoms with Crippen LogP contribution in [0, 0.1) is 11.3 Å². The van der Waals surface area contributed by atoms with Crippen LogP contribution < -0.4 is 25.2 Å². The topological polar surface area (TPSA) is 144 Å². The summed E-state index contributed by atoms with van der Waals surface area (Å²) < 4.78 is 32.8. The molecular weight excluding hydrogens is 384 g/mol. The minimum absolute atomic E-state index is 0.0475. The predicted molar refractivity (Wildman–Crippen MR) is 103 cm³/mol. The van der Waals surface area contributed by atoms with Crippen LogP contribution in [0.2, 0.25) is 0 Å². The Morgan fingerprint density at radius 2 is 1.68 bits per heavy atom. The smallest absolute Gasteiger partial charge is 0.267 e. The van der Waals surface area contributed by atoms with E-state index in [-0.39, 0.29) is 10.5 Å². The third kappa shape index (κ3) is 5.23. The fraction of sp³-hybridized carbons (Fsp3) is 0.111. The van der Waals surface area contributed by atoms with Gasteiger partial charge in [0.15, 0.2) is 11.5 Å². The van der Waals surface area contributed by atoms with E-state index in [1.165, 1.54) is 44.7 Å². The second kappa shape index (κ2) is 8.90. The molecule has 2 aromatic rings. The molecule has 0 heterocycles. The maximum absolute atomic E-state index is 12.3. The molecule has 0 spiro atoms. The molecule has 0 aliphatic carbocycles. The molecule has 2 rings (SSSR count). The highest BCUT2D eigenvalue weighted by atomic mass is 32.2. The number of nitrogens with zero attached hydrogens (tertiary/aromatic N) is 1. The standard InChI is InChI=1S/C18H18N4O5S/c1-26-16-8-5-14(9-17(16)27-2)22-18(23)12(10-19)11-21-13-3-6-15(7-4-13)28(20,24)25/h3-9,11,21H,1-2H3,(H,22,23)(H2,20,24,25)/b12-11-. The zero-order valence-corrected chi connectivity index (χ0v) is 15.9. The van der Waals surface area contributed by atoms with Gasteiger partial charge in [-0.05, 0) is 36.4 Å². The van der Waals surface area contributed by atoms with Crippen LogP contribution in [-0.2, 0) is 14.8 Å². The van der Waals surface area contributed by atoms with Crippen molar-refractivity contribution in [3.8, 4) is 17.6 Å². The lowest BCUT2D eigenvalue weighted by atomic mass is 10.2. The van der Waals surface area contributed by atoms with Gasteiger partial charge in [0.2, 0.25) is 10.0 Å². The van der Waals surface area contributed by atoms with Crippen molar-refractivity contribution in [1.82, 2.24) is 0 Å². The Balaban J connectivity index is 2.12. The lowest BCUT2D eigenvalue weighted by Gasteiger charge is -2.10. The number of hydrogen-bond acceptors (Lipinski definition) is 7. The van der Waals surface area contributed by atoms with E-state index < -0.39 is 15.9 Å². The minimum atomic E-state index is -3.79. The number of carbonyl (C=O) groups excluding carboxylic acids is 1. The molecule has 0 saturated heterocycles. The van der Waals surface area contributed by atoms with Gasteiger partial charge < -0.3 is 20.1 Å². The molecule has 0 unspecified atom stereocenters. The largest absolute Gasteiger partial charge is 0.493 e.